The lowest BCUT2D eigenvalue weighted by molar-refractivity contribution is 0.118. The Hall–Kier alpha value is -0.680. The molecule has 0 aliphatic rings. The summed E-state index contributed by atoms with van der Waals surface area (Å²) in [4.78, 5) is 0. The third kappa shape index (κ3) is 5.00. The fraction of sp³-hybridized carbons (Fsp3) is 0.500. The first-order valence-electron chi connectivity index (χ1n) is 5.47. The molecule has 1 N–H and O–H groups in total. The van der Waals surface area contributed by atoms with Gasteiger partial charge in [-0.05, 0) is 27.9 Å². The molecule has 5 heteroatoms. The van der Waals surface area contributed by atoms with E-state index in [1.165, 1.54) is 0 Å². The second kappa shape index (κ2) is 6.91. The fourth-order valence-corrected chi connectivity index (χ4v) is 1.55. The van der Waals surface area contributed by atoms with E-state index in [9.17, 15) is 8.78 Å². The molecule has 0 aliphatic heterocycles. The molecule has 0 unspecified atom stereocenters. The van der Waals surface area contributed by atoms with Crippen LogP contribution in [0.25, 0.3) is 0 Å². The summed E-state index contributed by atoms with van der Waals surface area (Å²) in [5, 5.41) is 2.79. The molecule has 17 heavy (non-hydrogen) atoms. The van der Waals surface area contributed by atoms with Crippen molar-refractivity contribution in [1.29, 1.82) is 0 Å². The summed E-state index contributed by atoms with van der Waals surface area (Å²) in [5.41, 5.74) is 0.152. The number of benzene rings is 1. The smallest absolute Gasteiger partial charge is 0.147 e. The highest BCUT2D eigenvalue weighted by molar-refractivity contribution is 9.10. The maximum atomic E-state index is 13.4. The number of anilines is 1. The Labute approximate surface area is 108 Å². The van der Waals surface area contributed by atoms with Crippen LogP contribution in [0.1, 0.15) is 13.8 Å². The van der Waals surface area contributed by atoms with Gasteiger partial charge in [-0.25, -0.2) is 8.78 Å². The van der Waals surface area contributed by atoms with Crippen molar-refractivity contribution in [1.82, 2.24) is 0 Å². The monoisotopic (exact) mass is 307 g/mol. The fourth-order valence-electron chi connectivity index (χ4n) is 1.23. The topological polar surface area (TPSA) is 21.3 Å². The molecule has 0 aromatic heterocycles. The molecule has 0 saturated heterocycles. The van der Waals surface area contributed by atoms with Crippen LogP contribution in [0, 0.1) is 17.6 Å². The van der Waals surface area contributed by atoms with Crippen molar-refractivity contribution in [3.63, 3.8) is 0 Å². The van der Waals surface area contributed by atoms with E-state index in [2.05, 4.69) is 35.1 Å². The van der Waals surface area contributed by atoms with Crippen LogP contribution >= 0.6 is 15.9 Å². The lowest BCUT2D eigenvalue weighted by Gasteiger charge is -2.10. The minimum Gasteiger partial charge on any atom is -0.380 e. The second-order valence-corrected chi connectivity index (χ2v) is 5.00. The Morgan fingerprint density at radius 1 is 1.29 bits per heavy atom. The number of hydrogen-bond acceptors (Lipinski definition) is 2. The predicted molar refractivity (Wildman–Crippen MR) is 68.2 cm³/mol. The highest BCUT2D eigenvalue weighted by atomic mass is 79.9. The predicted octanol–water partition coefficient (Wildman–Crippen LogP) is 3.81. The molecule has 0 aliphatic carbocycles. The summed E-state index contributed by atoms with van der Waals surface area (Å²) in [5.74, 6) is -0.504. The van der Waals surface area contributed by atoms with Crippen molar-refractivity contribution in [3.05, 3.63) is 28.2 Å². The zero-order valence-corrected chi connectivity index (χ0v) is 11.5. The SMILES string of the molecule is CC(C)COCCNc1cc(F)c(Br)cc1F. The zero-order chi connectivity index (χ0) is 12.8. The number of nitrogens with one attached hydrogen (secondary N) is 1. The van der Waals surface area contributed by atoms with Crippen LogP contribution in [0.15, 0.2) is 16.6 Å². The molecule has 1 aromatic carbocycles. The maximum Gasteiger partial charge on any atom is 0.147 e. The van der Waals surface area contributed by atoms with E-state index in [0.717, 1.165) is 12.1 Å². The van der Waals surface area contributed by atoms with Gasteiger partial charge in [0.05, 0.1) is 16.8 Å². The van der Waals surface area contributed by atoms with E-state index in [1.807, 2.05) is 0 Å². The Bertz CT molecular complexity index is 372. The van der Waals surface area contributed by atoms with E-state index >= 15 is 0 Å². The van der Waals surface area contributed by atoms with Crippen LogP contribution in [0.2, 0.25) is 0 Å². The highest BCUT2D eigenvalue weighted by Gasteiger charge is 2.07. The van der Waals surface area contributed by atoms with Gasteiger partial charge in [0, 0.05) is 19.2 Å². The Morgan fingerprint density at radius 2 is 2.00 bits per heavy atom. The minimum atomic E-state index is -0.489. The first-order valence-corrected chi connectivity index (χ1v) is 6.26. The lowest BCUT2D eigenvalue weighted by atomic mass is 10.2. The lowest BCUT2D eigenvalue weighted by Crippen LogP contribution is -2.13. The number of rotatable bonds is 6. The molecule has 0 radical (unpaired) electrons. The molecule has 0 bridgehead atoms. The van der Waals surface area contributed by atoms with E-state index in [1.54, 1.807) is 0 Å². The zero-order valence-electron chi connectivity index (χ0n) is 9.90. The van der Waals surface area contributed by atoms with Gasteiger partial charge in [-0.15, -0.1) is 0 Å². The Morgan fingerprint density at radius 3 is 2.65 bits per heavy atom. The van der Waals surface area contributed by atoms with Crippen LogP contribution in [0.4, 0.5) is 14.5 Å². The van der Waals surface area contributed by atoms with Gasteiger partial charge < -0.3 is 10.1 Å². The van der Waals surface area contributed by atoms with E-state index in [0.29, 0.717) is 25.7 Å². The van der Waals surface area contributed by atoms with E-state index in [4.69, 9.17) is 4.74 Å². The normalized spacial score (nSPS) is 10.9. The highest BCUT2D eigenvalue weighted by Crippen LogP contribution is 2.23. The minimum absolute atomic E-state index is 0.122. The summed E-state index contributed by atoms with van der Waals surface area (Å²) < 4.78 is 32.0. The summed E-state index contributed by atoms with van der Waals surface area (Å²) in [6.07, 6.45) is 0. The van der Waals surface area contributed by atoms with Gasteiger partial charge in [-0.1, -0.05) is 13.8 Å². The first-order chi connectivity index (χ1) is 8.00. The summed E-state index contributed by atoms with van der Waals surface area (Å²) in [7, 11) is 0. The summed E-state index contributed by atoms with van der Waals surface area (Å²) in [6, 6.07) is 2.23. The largest absolute Gasteiger partial charge is 0.380 e. The van der Waals surface area contributed by atoms with Gasteiger partial charge in [0.1, 0.15) is 11.6 Å². The second-order valence-electron chi connectivity index (χ2n) is 4.14. The standard InChI is InChI=1S/C12H16BrF2NO/c1-8(2)7-17-4-3-16-12-6-10(14)9(13)5-11(12)15/h5-6,8,16H,3-4,7H2,1-2H3. The number of halogens is 3. The molecule has 2 nitrogen and oxygen atoms in total. The Balaban J connectivity index is 2.39. The van der Waals surface area contributed by atoms with Crippen molar-refractivity contribution >= 4 is 21.6 Å². The summed E-state index contributed by atoms with van der Waals surface area (Å²) >= 11 is 2.92. The number of ether oxygens (including phenoxy) is 1. The Kier molecular flexibility index (Phi) is 5.85. The van der Waals surface area contributed by atoms with Crippen molar-refractivity contribution in [2.75, 3.05) is 25.1 Å². The molecule has 0 amide bonds. The van der Waals surface area contributed by atoms with Gasteiger partial charge in [-0.3, -0.25) is 0 Å². The van der Waals surface area contributed by atoms with Gasteiger partial charge in [0.15, 0.2) is 0 Å². The molecule has 0 saturated carbocycles. The third-order valence-corrected chi connectivity index (χ3v) is 2.63. The molecule has 1 rings (SSSR count). The molecule has 1 aromatic rings. The number of hydrogen-bond donors (Lipinski definition) is 1. The molecule has 0 fully saturated rings. The van der Waals surface area contributed by atoms with Gasteiger partial charge in [-0.2, -0.15) is 0 Å². The van der Waals surface area contributed by atoms with E-state index in [-0.39, 0.29) is 10.2 Å². The molecular formula is C12H16BrF2NO. The molecule has 0 atom stereocenters. The quantitative estimate of drug-likeness (QED) is 0.637. The van der Waals surface area contributed by atoms with Gasteiger partial charge >= 0.3 is 0 Å². The molecular weight excluding hydrogens is 292 g/mol. The molecule has 0 spiro atoms. The van der Waals surface area contributed by atoms with Crippen molar-refractivity contribution in [3.8, 4) is 0 Å². The van der Waals surface area contributed by atoms with E-state index < -0.39 is 11.6 Å². The summed E-state index contributed by atoms with van der Waals surface area (Å²) in [6.45, 7) is 5.69. The van der Waals surface area contributed by atoms with Crippen LogP contribution in [-0.2, 0) is 4.74 Å². The van der Waals surface area contributed by atoms with Crippen LogP contribution < -0.4 is 5.32 Å². The third-order valence-electron chi connectivity index (χ3n) is 2.02. The maximum absolute atomic E-state index is 13.4. The van der Waals surface area contributed by atoms with Crippen molar-refractivity contribution < 1.29 is 13.5 Å². The van der Waals surface area contributed by atoms with Gasteiger partial charge in [0.25, 0.3) is 0 Å². The molecule has 96 valence electrons. The van der Waals surface area contributed by atoms with Crippen molar-refractivity contribution in [2.24, 2.45) is 5.92 Å². The first kappa shape index (κ1) is 14.4. The average molecular weight is 308 g/mol. The van der Waals surface area contributed by atoms with Crippen molar-refractivity contribution in [2.45, 2.75) is 13.8 Å². The van der Waals surface area contributed by atoms with Crippen LogP contribution in [0.5, 0.6) is 0 Å². The average Bonchev–Trinajstić information content (AvgIpc) is 2.24. The van der Waals surface area contributed by atoms with Crippen LogP contribution in [0.3, 0.4) is 0 Å². The van der Waals surface area contributed by atoms with Crippen LogP contribution in [-0.4, -0.2) is 19.8 Å². The van der Waals surface area contributed by atoms with Gasteiger partial charge in [0.2, 0.25) is 0 Å². The molecule has 0 heterocycles.